The fourth-order valence-electron chi connectivity index (χ4n) is 3.01. The fraction of sp³-hybridized carbons (Fsp3) is 0.333. The lowest BCUT2D eigenvalue weighted by Gasteiger charge is -2.15. The van der Waals surface area contributed by atoms with E-state index in [-0.39, 0.29) is 22.7 Å². The Morgan fingerprint density at radius 1 is 1.23 bits per heavy atom. The second-order valence-corrected chi connectivity index (χ2v) is 7.77. The summed E-state index contributed by atoms with van der Waals surface area (Å²) in [5, 5.41) is 14.8. The van der Waals surface area contributed by atoms with Crippen LogP contribution in [0.25, 0.3) is 16.8 Å². The van der Waals surface area contributed by atoms with E-state index in [1.807, 2.05) is 13.8 Å². The van der Waals surface area contributed by atoms with Crippen molar-refractivity contribution in [3.05, 3.63) is 53.1 Å². The topological polar surface area (TPSA) is 91.2 Å². The molecule has 0 spiro atoms. The van der Waals surface area contributed by atoms with Gasteiger partial charge in [-0.25, -0.2) is 9.18 Å². The molecule has 164 valence electrons. The van der Waals surface area contributed by atoms with Crippen LogP contribution in [0, 0.1) is 5.82 Å². The highest BCUT2D eigenvalue weighted by atomic mass is 35.5. The van der Waals surface area contributed by atoms with Crippen molar-refractivity contribution in [3.8, 4) is 22.6 Å². The number of amides is 1. The Balaban J connectivity index is 2.04. The fourth-order valence-corrected chi connectivity index (χ4v) is 3.17. The number of nitrogens with one attached hydrogen (secondary N) is 1. The zero-order valence-corrected chi connectivity index (χ0v) is 18.4. The van der Waals surface area contributed by atoms with Gasteiger partial charge in [0.2, 0.25) is 0 Å². The number of rotatable bonds is 7. The predicted molar refractivity (Wildman–Crippen MR) is 114 cm³/mol. The van der Waals surface area contributed by atoms with E-state index in [9.17, 15) is 9.18 Å². The molecule has 0 aliphatic heterocycles. The number of tetrazole rings is 1. The molecule has 0 fully saturated rings. The minimum atomic E-state index is -0.662. The van der Waals surface area contributed by atoms with Crippen molar-refractivity contribution < 1.29 is 18.7 Å². The average molecular weight is 448 g/mol. The van der Waals surface area contributed by atoms with Crippen molar-refractivity contribution in [2.45, 2.75) is 32.7 Å². The summed E-state index contributed by atoms with van der Waals surface area (Å²) in [7, 11) is 1.54. The number of nitrogens with zero attached hydrogens (tertiary/aromatic N) is 4. The first kappa shape index (κ1) is 22.6. The molecule has 10 heteroatoms. The largest absolute Gasteiger partial charge is 0.412 e. The standard InChI is InChI=1S/C21H23ClFN5O3/c1-12(2)20-25-26-27-28(20)16-7-14(18-6-5-15(22)9-19(18)23)8-17(10-16)31-21(29)24-13(3)11-30-4/h5-10,12-13H,11H2,1-4H3,(H,24,29). The lowest BCUT2D eigenvalue weighted by molar-refractivity contribution is 0.159. The number of carbonyl (C=O) groups is 1. The molecule has 0 aliphatic carbocycles. The van der Waals surface area contributed by atoms with Gasteiger partial charge >= 0.3 is 6.09 Å². The highest BCUT2D eigenvalue weighted by molar-refractivity contribution is 6.30. The van der Waals surface area contributed by atoms with Crippen LogP contribution in [0.2, 0.25) is 5.02 Å². The van der Waals surface area contributed by atoms with Crippen molar-refractivity contribution in [3.63, 3.8) is 0 Å². The van der Waals surface area contributed by atoms with Gasteiger partial charge in [-0.05, 0) is 53.2 Å². The Morgan fingerprint density at radius 3 is 2.68 bits per heavy atom. The molecule has 8 nitrogen and oxygen atoms in total. The summed E-state index contributed by atoms with van der Waals surface area (Å²) in [4.78, 5) is 12.3. The van der Waals surface area contributed by atoms with E-state index in [0.717, 1.165) is 0 Å². The van der Waals surface area contributed by atoms with Crippen LogP contribution in [0.3, 0.4) is 0 Å². The van der Waals surface area contributed by atoms with E-state index >= 15 is 0 Å². The third-order valence-corrected chi connectivity index (χ3v) is 4.61. The molecule has 31 heavy (non-hydrogen) atoms. The van der Waals surface area contributed by atoms with Crippen LogP contribution < -0.4 is 10.1 Å². The zero-order valence-electron chi connectivity index (χ0n) is 17.6. The molecule has 1 heterocycles. The predicted octanol–water partition coefficient (Wildman–Crippen LogP) is 4.37. The SMILES string of the molecule is COCC(C)NC(=O)Oc1cc(-c2ccc(Cl)cc2F)cc(-n2nnnc2C(C)C)c1. The molecule has 1 N–H and O–H groups in total. The second kappa shape index (κ2) is 9.84. The number of carbonyl (C=O) groups excluding carboxylic acids is 1. The molecule has 0 saturated heterocycles. The molecule has 2 aromatic carbocycles. The van der Waals surface area contributed by atoms with Crippen molar-refractivity contribution >= 4 is 17.7 Å². The summed E-state index contributed by atoms with van der Waals surface area (Å²) in [5.41, 5.74) is 1.29. The molecule has 1 aromatic heterocycles. The first-order chi connectivity index (χ1) is 14.8. The number of benzene rings is 2. The molecular weight excluding hydrogens is 425 g/mol. The molecule has 1 amide bonds. The average Bonchev–Trinajstić information content (AvgIpc) is 3.18. The summed E-state index contributed by atoms with van der Waals surface area (Å²) in [5.74, 6) is 0.343. The second-order valence-electron chi connectivity index (χ2n) is 7.33. The van der Waals surface area contributed by atoms with E-state index in [1.165, 1.54) is 10.7 Å². The summed E-state index contributed by atoms with van der Waals surface area (Å²) < 4.78 is 26.6. The van der Waals surface area contributed by atoms with Gasteiger partial charge in [-0.3, -0.25) is 0 Å². The molecule has 1 unspecified atom stereocenters. The first-order valence-corrected chi connectivity index (χ1v) is 10.0. The van der Waals surface area contributed by atoms with Gasteiger partial charge in [0, 0.05) is 29.7 Å². The molecule has 3 rings (SSSR count). The maximum Gasteiger partial charge on any atom is 0.412 e. The Labute approximate surface area is 184 Å². The smallest absolute Gasteiger partial charge is 0.410 e. The van der Waals surface area contributed by atoms with Crippen molar-refractivity contribution in [2.24, 2.45) is 0 Å². The maximum atomic E-state index is 14.6. The zero-order chi connectivity index (χ0) is 22.5. The molecule has 1 atom stereocenters. The Bertz CT molecular complexity index is 1070. The molecule has 3 aromatic rings. The highest BCUT2D eigenvalue weighted by Gasteiger charge is 2.17. The summed E-state index contributed by atoms with van der Waals surface area (Å²) in [6.07, 6.45) is -0.662. The van der Waals surface area contributed by atoms with Gasteiger partial charge in [-0.15, -0.1) is 5.10 Å². The van der Waals surface area contributed by atoms with E-state index in [4.69, 9.17) is 21.1 Å². The van der Waals surface area contributed by atoms with Gasteiger partial charge in [0.05, 0.1) is 18.3 Å². The Kier molecular flexibility index (Phi) is 7.19. The van der Waals surface area contributed by atoms with Crippen LogP contribution in [0.1, 0.15) is 32.5 Å². The van der Waals surface area contributed by atoms with E-state index < -0.39 is 11.9 Å². The van der Waals surface area contributed by atoms with Crippen molar-refractivity contribution in [1.29, 1.82) is 0 Å². The monoisotopic (exact) mass is 447 g/mol. The Morgan fingerprint density at radius 2 is 2.00 bits per heavy atom. The van der Waals surface area contributed by atoms with Crippen molar-refractivity contribution in [1.82, 2.24) is 25.5 Å². The normalized spacial score (nSPS) is 12.1. The number of aromatic nitrogens is 4. The van der Waals surface area contributed by atoms with Crippen LogP contribution >= 0.6 is 11.6 Å². The first-order valence-electron chi connectivity index (χ1n) is 9.65. The molecule has 0 radical (unpaired) electrons. The maximum absolute atomic E-state index is 14.6. The third kappa shape index (κ3) is 5.56. The van der Waals surface area contributed by atoms with Crippen LogP contribution in [-0.2, 0) is 4.74 Å². The third-order valence-electron chi connectivity index (χ3n) is 4.38. The Hall–Kier alpha value is -3.04. The molecule has 0 aliphatic rings. The van der Waals surface area contributed by atoms with Gasteiger partial charge in [0.25, 0.3) is 0 Å². The minimum absolute atomic E-state index is 0.0356. The number of hydrogen-bond acceptors (Lipinski definition) is 6. The van der Waals surface area contributed by atoms with Crippen molar-refractivity contribution in [2.75, 3.05) is 13.7 Å². The summed E-state index contributed by atoms with van der Waals surface area (Å²) in [6.45, 7) is 6.02. The van der Waals surface area contributed by atoms with Crippen LogP contribution in [0.15, 0.2) is 36.4 Å². The number of halogens is 2. The highest BCUT2D eigenvalue weighted by Crippen LogP contribution is 2.31. The van der Waals surface area contributed by atoms with Gasteiger partial charge in [-0.2, -0.15) is 4.68 Å². The van der Waals surface area contributed by atoms with Gasteiger partial charge < -0.3 is 14.8 Å². The molecular formula is C21H23ClFN5O3. The summed E-state index contributed by atoms with van der Waals surface area (Å²) >= 11 is 5.89. The number of methoxy groups -OCH3 is 1. The molecule has 0 saturated carbocycles. The number of ether oxygens (including phenoxy) is 2. The molecule has 0 bridgehead atoms. The number of hydrogen-bond donors (Lipinski definition) is 1. The van der Waals surface area contributed by atoms with Crippen LogP contribution in [-0.4, -0.2) is 46.1 Å². The van der Waals surface area contributed by atoms with Gasteiger partial charge in [0.1, 0.15) is 11.6 Å². The van der Waals surface area contributed by atoms with Gasteiger partial charge in [-0.1, -0.05) is 25.4 Å². The van der Waals surface area contributed by atoms with Gasteiger partial charge in [0.15, 0.2) is 5.82 Å². The van der Waals surface area contributed by atoms with Crippen LogP contribution in [0.5, 0.6) is 5.75 Å². The summed E-state index contributed by atoms with van der Waals surface area (Å²) in [6, 6.07) is 9.01. The van der Waals surface area contributed by atoms with E-state index in [1.54, 1.807) is 44.4 Å². The lowest BCUT2D eigenvalue weighted by Crippen LogP contribution is -2.37. The van der Waals surface area contributed by atoms with E-state index in [2.05, 4.69) is 20.8 Å². The van der Waals surface area contributed by atoms with E-state index in [0.29, 0.717) is 29.2 Å². The lowest BCUT2D eigenvalue weighted by atomic mass is 10.0. The quantitative estimate of drug-likeness (QED) is 0.578. The van der Waals surface area contributed by atoms with Crippen LogP contribution in [0.4, 0.5) is 9.18 Å². The minimum Gasteiger partial charge on any atom is -0.410 e.